The van der Waals surface area contributed by atoms with Crippen molar-refractivity contribution in [3.05, 3.63) is 0 Å². The predicted octanol–water partition coefficient (Wildman–Crippen LogP) is 1.40. The van der Waals surface area contributed by atoms with Crippen LogP contribution in [0.3, 0.4) is 0 Å². The molecule has 0 unspecified atom stereocenters. The zero-order valence-electron chi connectivity index (χ0n) is 4.22. The summed E-state index contributed by atoms with van der Waals surface area (Å²) in [6.07, 6.45) is 0.523. The van der Waals surface area contributed by atoms with Crippen molar-refractivity contribution < 1.29 is 4.74 Å². The number of hydrogen-bond acceptors (Lipinski definition) is 3. The van der Waals surface area contributed by atoms with E-state index in [9.17, 15) is 0 Å². The molecule has 1 aliphatic heterocycles. The van der Waals surface area contributed by atoms with Gasteiger partial charge in [0, 0.05) is 18.6 Å². The van der Waals surface area contributed by atoms with Crippen LogP contribution in [0.1, 0.15) is 0 Å². The van der Waals surface area contributed by atoms with Gasteiger partial charge in [-0.3, -0.25) is 0 Å². The Labute approximate surface area is 51.6 Å². The molecule has 3 heteroatoms. The van der Waals surface area contributed by atoms with E-state index in [1.54, 1.807) is 7.11 Å². The summed E-state index contributed by atoms with van der Waals surface area (Å²) in [4.78, 5) is 0. The van der Waals surface area contributed by atoms with Crippen LogP contribution < -0.4 is 0 Å². The second-order valence-corrected chi connectivity index (χ2v) is 3.98. The van der Waals surface area contributed by atoms with Crippen LogP contribution in [0.25, 0.3) is 0 Å². The van der Waals surface area contributed by atoms with Gasteiger partial charge in [0.2, 0.25) is 0 Å². The van der Waals surface area contributed by atoms with Crippen LogP contribution in [-0.4, -0.2) is 24.7 Å². The summed E-state index contributed by atoms with van der Waals surface area (Å²) >= 11 is 0. The van der Waals surface area contributed by atoms with Crippen molar-refractivity contribution in [1.82, 2.24) is 0 Å². The average Bonchev–Trinajstić information content (AvgIpc) is 2.14. The van der Waals surface area contributed by atoms with Crippen LogP contribution in [0.15, 0.2) is 0 Å². The van der Waals surface area contributed by atoms with E-state index in [1.807, 2.05) is 21.6 Å². The fraction of sp³-hybridized carbons (Fsp3) is 1.00. The van der Waals surface area contributed by atoms with Gasteiger partial charge in [-0.2, -0.15) is 0 Å². The minimum absolute atomic E-state index is 0.523. The van der Waals surface area contributed by atoms with Gasteiger partial charge in [-0.25, -0.2) is 0 Å². The molecule has 0 N–H and O–H groups in total. The van der Waals surface area contributed by atoms with Crippen LogP contribution in [0, 0.1) is 0 Å². The van der Waals surface area contributed by atoms with Gasteiger partial charge in [-0.1, -0.05) is 21.6 Å². The SMILES string of the molecule is COC1CSSC1. The van der Waals surface area contributed by atoms with Crippen LogP contribution in [0.5, 0.6) is 0 Å². The quantitative estimate of drug-likeness (QED) is 0.504. The second-order valence-electron chi connectivity index (χ2n) is 1.43. The van der Waals surface area contributed by atoms with Gasteiger partial charge >= 0.3 is 0 Å². The highest BCUT2D eigenvalue weighted by Gasteiger charge is 2.13. The molecule has 0 aliphatic carbocycles. The van der Waals surface area contributed by atoms with E-state index >= 15 is 0 Å². The van der Waals surface area contributed by atoms with Crippen LogP contribution in [0.2, 0.25) is 0 Å². The second kappa shape index (κ2) is 2.84. The van der Waals surface area contributed by atoms with Crippen molar-refractivity contribution in [2.24, 2.45) is 0 Å². The molecule has 0 aromatic heterocycles. The number of methoxy groups -OCH3 is 1. The van der Waals surface area contributed by atoms with E-state index in [0.717, 1.165) is 0 Å². The Morgan fingerprint density at radius 2 is 2.00 bits per heavy atom. The summed E-state index contributed by atoms with van der Waals surface area (Å²) in [5, 5.41) is 0. The van der Waals surface area contributed by atoms with Gasteiger partial charge in [-0.15, -0.1) is 0 Å². The Balaban J connectivity index is 2.14. The Morgan fingerprint density at radius 3 is 2.29 bits per heavy atom. The molecule has 0 amide bonds. The van der Waals surface area contributed by atoms with Crippen LogP contribution in [0.4, 0.5) is 0 Å². The maximum atomic E-state index is 5.07. The third-order valence-corrected chi connectivity index (χ3v) is 3.42. The lowest BCUT2D eigenvalue weighted by molar-refractivity contribution is 0.143. The predicted molar refractivity (Wildman–Crippen MR) is 35.7 cm³/mol. The lowest BCUT2D eigenvalue weighted by Crippen LogP contribution is -2.10. The highest BCUT2D eigenvalue weighted by atomic mass is 33.1. The lowest BCUT2D eigenvalue weighted by atomic mass is 10.5. The minimum atomic E-state index is 0.523. The summed E-state index contributed by atoms with van der Waals surface area (Å²) in [5.41, 5.74) is 0. The molecule has 0 aromatic carbocycles. The van der Waals surface area contributed by atoms with E-state index < -0.39 is 0 Å². The smallest absolute Gasteiger partial charge is 0.0768 e. The van der Waals surface area contributed by atoms with E-state index in [4.69, 9.17) is 4.74 Å². The van der Waals surface area contributed by atoms with Crippen LogP contribution >= 0.6 is 21.6 Å². The van der Waals surface area contributed by atoms with Gasteiger partial charge in [0.15, 0.2) is 0 Å². The molecule has 0 spiro atoms. The first-order valence-electron chi connectivity index (χ1n) is 2.20. The standard InChI is InChI=1S/C4H8OS2/c1-5-4-2-6-7-3-4/h4H,2-3H2,1H3. The molecule has 1 aliphatic rings. The van der Waals surface area contributed by atoms with Crippen molar-refractivity contribution in [2.45, 2.75) is 6.10 Å². The Bertz CT molecular complexity index is 51.7. The topological polar surface area (TPSA) is 9.23 Å². The molecular formula is C4H8OS2. The van der Waals surface area contributed by atoms with Gasteiger partial charge in [-0.05, 0) is 0 Å². The number of hydrogen-bond donors (Lipinski definition) is 0. The van der Waals surface area contributed by atoms with E-state index in [0.29, 0.717) is 6.10 Å². The fourth-order valence-electron chi connectivity index (χ4n) is 0.432. The first-order valence-corrected chi connectivity index (χ1v) is 4.69. The molecule has 0 radical (unpaired) electrons. The highest BCUT2D eigenvalue weighted by molar-refractivity contribution is 8.77. The van der Waals surface area contributed by atoms with Gasteiger partial charge in [0.1, 0.15) is 0 Å². The number of ether oxygens (including phenoxy) is 1. The minimum Gasteiger partial charge on any atom is -0.380 e. The lowest BCUT2D eigenvalue weighted by Gasteiger charge is -2.00. The van der Waals surface area contributed by atoms with Crippen molar-refractivity contribution >= 4 is 21.6 Å². The molecule has 0 atom stereocenters. The zero-order valence-corrected chi connectivity index (χ0v) is 5.85. The molecule has 7 heavy (non-hydrogen) atoms. The van der Waals surface area contributed by atoms with Crippen molar-refractivity contribution in [2.75, 3.05) is 18.6 Å². The molecule has 1 nitrogen and oxygen atoms in total. The van der Waals surface area contributed by atoms with Crippen molar-refractivity contribution in [3.63, 3.8) is 0 Å². The first-order chi connectivity index (χ1) is 3.43. The largest absolute Gasteiger partial charge is 0.380 e. The molecule has 1 saturated heterocycles. The van der Waals surface area contributed by atoms with E-state index in [-0.39, 0.29) is 0 Å². The summed E-state index contributed by atoms with van der Waals surface area (Å²) < 4.78 is 5.07. The zero-order chi connectivity index (χ0) is 5.11. The normalized spacial score (nSPS) is 23.6. The van der Waals surface area contributed by atoms with Gasteiger partial charge in [0.25, 0.3) is 0 Å². The molecule has 0 saturated carbocycles. The molecule has 1 heterocycles. The molecule has 0 aromatic rings. The van der Waals surface area contributed by atoms with Crippen LogP contribution in [-0.2, 0) is 4.74 Å². The third kappa shape index (κ3) is 1.55. The van der Waals surface area contributed by atoms with Gasteiger partial charge in [0.05, 0.1) is 6.10 Å². The maximum absolute atomic E-state index is 5.07. The monoisotopic (exact) mass is 136 g/mol. The molecule has 1 fully saturated rings. The molecule has 1 rings (SSSR count). The molecular weight excluding hydrogens is 128 g/mol. The molecule has 0 bridgehead atoms. The van der Waals surface area contributed by atoms with Crippen molar-refractivity contribution in [3.8, 4) is 0 Å². The summed E-state index contributed by atoms with van der Waals surface area (Å²) in [6.45, 7) is 0. The Hall–Kier alpha value is 0.660. The molecule has 42 valence electrons. The Kier molecular flexibility index (Phi) is 2.35. The highest BCUT2D eigenvalue weighted by Crippen LogP contribution is 2.31. The van der Waals surface area contributed by atoms with E-state index in [2.05, 4.69) is 0 Å². The third-order valence-electron chi connectivity index (χ3n) is 0.925. The summed E-state index contributed by atoms with van der Waals surface area (Å²) in [7, 11) is 5.57. The fourth-order valence-corrected chi connectivity index (χ4v) is 3.07. The summed E-state index contributed by atoms with van der Waals surface area (Å²) in [6, 6.07) is 0. The number of rotatable bonds is 1. The van der Waals surface area contributed by atoms with E-state index in [1.165, 1.54) is 11.5 Å². The Morgan fingerprint density at radius 1 is 1.43 bits per heavy atom. The average molecular weight is 136 g/mol. The first kappa shape index (κ1) is 5.79. The van der Waals surface area contributed by atoms with Crippen molar-refractivity contribution in [1.29, 1.82) is 0 Å². The summed E-state index contributed by atoms with van der Waals surface area (Å²) in [5.74, 6) is 2.34. The van der Waals surface area contributed by atoms with Gasteiger partial charge < -0.3 is 4.74 Å². The maximum Gasteiger partial charge on any atom is 0.0768 e.